The van der Waals surface area contributed by atoms with Crippen molar-refractivity contribution in [3.63, 3.8) is 0 Å². The van der Waals surface area contributed by atoms with Crippen molar-refractivity contribution in [3.8, 4) is 0 Å². The van der Waals surface area contributed by atoms with Gasteiger partial charge in [-0.1, -0.05) is 6.92 Å². The molecule has 0 spiro atoms. The summed E-state index contributed by atoms with van der Waals surface area (Å²) in [5.74, 6) is 1.03. The highest BCUT2D eigenvalue weighted by atomic mass is 16.2. The van der Waals surface area contributed by atoms with Gasteiger partial charge in [-0.3, -0.25) is 14.6 Å². The Labute approximate surface area is 131 Å². The van der Waals surface area contributed by atoms with E-state index in [4.69, 9.17) is 0 Å². The standard InChI is InChI=1S/C14H27N7O/c1-4-5-21-13(16-17-18-21)10-19-6-8-20(9-7-19)11-14(22)15-12(2)3/h12H,4-11H2,1-3H3,(H,15,22). The van der Waals surface area contributed by atoms with Crippen LogP contribution in [0, 0.1) is 0 Å². The number of carbonyl (C=O) groups is 1. The van der Waals surface area contributed by atoms with Gasteiger partial charge in [-0.15, -0.1) is 5.10 Å². The maximum atomic E-state index is 11.8. The highest BCUT2D eigenvalue weighted by Crippen LogP contribution is 2.06. The van der Waals surface area contributed by atoms with Gasteiger partial charge < -0.3 is 5.32 Å². The zero-order chi connectivity index (χ0) is 15.9. The van der Waals surface area contributed by atoms with E-state index in [0.717, 1.165) is 51.5 Å². The van der Waals surface area contributed by atoms with Gasteiger partial charge in [0.2, 0.25) is 5.91 Å². The monoisotopic (exact) mass is 309 g/mol. The van der Waals surface area contributed by atoms with Crippen LogP contribution in [0.25, 0.3) is 0 Å². The van der Waals surface area contributed by atoms with Crippen molar-refractivity contribution in [2.45, 2.75) is 46.3 Å². The summed E-state index contributed by atoms with van der Waals surface area (Å²) in [7, 11) is 0. The van der Waals surface area contributed by atoms with E-state index < -0.39 is 0 Å². The average Bonchev–Trinajstić information content (AvgIpc) is 2.88. The van der Waals surface area contributed by atoms with Crippen LogP contribution in [0.1, 0.15) is 33.0 Å². The second kappa shape index (κ2) is 8.19. The number of carbonyl (C=O) groups excluding carboxylic acids is 1. The number of nitrogens with zero attached hydrogens (tertiary/aromatic N) is 6. The van der Waals surface area contributed by atoms with E-state index in [1.165, 1.54) is 0 Å². The van der Waals surface area contributed by atoms with Gasteiger partial charge >= 0.3 is 0 Å². The summed E-state index contributed by atoms with van der Waals surface area (Å²) in [4.78, 5) is 16.3. The normalized spacial score (nSPS) is 17.1. The van der Waals surface area contributed by atoms with E-state index >= 15 is 0 Å². The van der Waals surface area contributed by atoms with E-state index in [2.05, 4.69) is 37.6 Å². The Bertz CT molecular complexity index is 466. The van der Waals surface area contributed by atoms with E-state index in [1.54, 1.807) is 0 Å². The molecule has 1 N–H and O–H groups in total. The van der Waals surface area contributed by atoms with Gasteiger partial charge in [0.25, 0.3) is 0 Å². The Morgan fingerprint density at radius 3 is 2.55 bits per heavy atom. The van der Waals surface area contributed by atoms with E-state index in [9.17, 15) is 4.79 Å². The smallest absolute Gasteiger partial charge is 0.234 e. The van der Waals surface area contributed by atoms with Crippen LogP contribution in [-0.4, -0.2) is 74.7 Å². The fraction of sp³-hybridized carbons (Fsp3) is 0.857. The van der Waals surface area contributed by atoms with Gasteiger partial charge in [-0.2, -0.15) is 0 Å². The summed E-state index contributed by atoms with van der Waals surface area (Å²) in [5.41, 5.74) is 0. The van der Waals surface area contributed by atoms with Crippen molar-refractivity contribution in [2.24, 2.45) is 0 Å². The molecule has 1 aliphatic rings. The van der Waals surface area contributed by atoms with Crippen LogP contribution in [0.4, 0.5) is 0 Å². The predicted octanol–water partition coefficient (Wildman–Crippen LogP) is -0.275. The highest BCUT2D eigenvalue weighted by Gasteiger charge is 2.20. The third-order valence-electron chi connectivity index (χ3n) is 3.69. The van der Waals surface area contributed by atoms with Gasteiger partial charge in [0.05, 0.1) is 13.1 Å². The number of rotatable bonds is 7. The molecule has 0 radical (unpaired) electrons. The molecule has 2 rings (SSSR count). The lowest BCUT2D eigenvalue weighted by molar-refractivity contribution is -0.123. The molecular formula is C14H27N7O. The number of hydrogen-bond acceptors (Lipinski definition) is 6. The fourth-order valence-electron chi connectivity index (χ4n) is 2.60. The average molecular weight is 309 g/mol. The summed E-state index contributed by atoms with van der Waals surface area (Å²) >= 11 is 0. The molecule has 124 valence electrons. The lowest BCUT2D eigenvalue weighted by Gasteiger charge is -2.34. The Kier molecular flexibility index (Phi) is 6.26. The third-order valence-corrected chi connectivity index (χ3v) is 3.69. The number of tetrazole rings is 1. The molecule has 8 nitrogen and oxygen atoms in total. The molecular weight excluding hydrogens is 282 g/mol. The lowest BCUT2D eigenvalue weighted by Crippen LogP contribution is -2.49. The molecule has 0 aromatic carbocycles. The quantitative estimate of drug-likeness (QED) is 0.747. The molecule has 0 unspecified atom stereocenters. The Morgan fingerprint density at radius 1 is 1.23 bits per heavy atom. The molecule has 2 heterocycles. The van der Waals surface area contributed by atoms with Crippen LogP contribution in [0.3, 0.4) is 0 Å². The van der Waals surface area contributed by atoms with Gasteiger partial charge in [-0.05, 0) is 30.7 Å². The topological polar surface area (TPSA) is 79.2 Å². The minimum atomic E-state index is 0.107. The number of aryl methyl sites for hydroxylation is 1. The van der Waals surface area contributed by atoms with Gasteiger partial charge in [-0.25, -0.2) is 4.68 Å². The first kappa shape index (κ1) is 16.8. The first-order chi connectivity index (χ1) is 10.6. The van der Waals surface area contributed by atoms with Gasteiger partial charge in [0.1, 0.15) is 0 Å². The molecule has 0 atom stereocenters. The van der Waals surface area contributed by atoms with Crippen molar-refractivity contribution in [3.05, 3.63) is 5.82 Å². The highest BCUT2D eigenvalue weighted by molar-refractivity contribution is 5.78. The van der Waals surface area contributed by atoms with E-state index in [1.807, 2.05) is 18.5 Å². The molecule has 1 aliphatic heterocycles. The summed E-state index contributed by atoms with van der Waals surface area (Å²) < 4.78 is 1.88. The summed E-state index contributed by atoms with van der Waals surface area (Å²) in [6.07, 6.45) is 1.02. The number of nitrogens with one attached hydrogen (secondary N) is 1. The van der Waals surface area contributed by atoms with Crippen molar-refractivity contribution < 1.29 is 4.79 Å². The lowest BCUT2D eigenvalue weighted by atomic mass is 10.3. The zero-order valence-electron chi connectivity index (χ0n) is 13.8. The van der Waals surface area contributed by atoms with E-state index in [-0.39, 0.29) is 11.9 Å². The van der Waals surface area contributed by atoms with E-state index in [0.29, 0.717) is 6.54 Å². The van der Waals surface area contributed by atoms with Crippen LogP contribution >= 0.6 is 0 Å². The Morgan fingerprint density at radius 2 is 1.91 bits per heavy atom. The Hall–Kier alpha value is -1.54. The molecule has 1 saturated heterocycles. The van der Waals surface area contributed by atoms with Crippen LogP contribution in [0.5, 0.6) is 0 Å². The number of aromatic nitrogens is 4. The predicted molar refractivity (Wildman–Crippen MR) is 83.1 cm³/mol. The maximum Gasteiger partial charge on any atom is 0.234 e. The Balaban J connectivity index is 1.75. The molecule has 1 amide bonds. The maximum absolute atomic E-state index is 11.8. The van der Waals surface area contributed by atoms with Crippen LogP contribution < -0.4 is 5.32 Å². The fourth-order valence-corrected chi connectivity index (χ4v) is 2.60. The van der Waals surface area contributed by atoms with Gasteiger partial charge in [0, 0.05) is 38.8 Å². The van der Waals surface area contributed by atoms with Crippen molar-refractivity contribution in [2.75, 3.05) is 32.7 Å². The second-order valence-electron chi connectivity index (χ2n) is 6.09. The van der Waals surface area contributed by atoms with Crippen LogP contribution in [0.2, 0.25) is 0 Å². The summed E-state index contributed by atoms with van der Waals surface area (Å²) in [5, 5.41) is 14.8. The second-order valence-corrected chi connectivity index (χ2v) is 6.09. The molecule has 1 aromatic heterocycles. The third kappa shape index (κ3) is 5.03. The molecule has 1 aromatic rings. The first-order valence-electron chi connectivity index (χ1n) is 8.07. The van der Waals surface area contributed by atoms with Crippen molar-refractivity contribution in [1.82, 2.24) is 35.3 Å². The van der Waals surface area contributed by atoms with Crippen molar-refractivity contribution in [1.29, 1.82) is 0 Å². The number of hydrogen-bond donors (Lipinski definition) is 1. The van der Waals surface area contributed by atoms with Crippen LogP contribution in [0.15, 0.2) is 0 Å². The minimum Gasteiger partial charge on any atom is -0.353 e. The molecule has 8 heteroatoms. The summed E-state index contributed by atoms with van der Waals surface area (Å²) in [6.45, 7) is 11.9. The summed E-state index contributed by atoms with van der Waals surface area (Å²) in [6, 6.07) is 0.200. The SMILES string of the molecule is CCCn1nnnc1CN1CCN(CC(=O)NC(C)C)CC1. The van der Waals surface area contributed by atoms with Gasteiger partial charge in [0.15, 0.2) is 5.82 Å². The van der Waals surface area contributed by atoms with Crippen molar-refractivity contribution >= 4 is 5.91 Å². The van der Waals surface area contributed by atoms with Crippen LogP contribution in [-0.2, 0) is 17.9 Å². The first-order valence-corrected chi connectivity index (χ1v) is 8.07. The largest absolute Gasteiger partial charge is 0.353 e. The molecule has 0 bridgehead atoms. The minimum absolute atomic E-state index is 0.107. The molecule has 0 saturated carbocycles. The molecule has 22 heavy (non-hydrogen) atoms. The zero-order valence-corrected chi connectivity index (χ0v) is 13.8. The number of amides is 1. The molecule has 1 fully saturated rings. The number of piperazine rings is 1. The molecule has 0 aliphatic carbocycles.